The average molecular weight is 1090 g/mol. The van der Waals surface area contributed by atoms with Gasteiger partial charge in [-0.25, -0.2) is 5.09 Å². The zero-order chi connectivity index (χ0) is 57.7. The van der Waals surface area contributed by atoms with E-state index in [1.54, 1.807) is 0 Å². The van der Waals surface area contributed by atoms with Crippen LogP contribution in [0.2, 0.25) is 0 Å². The van der Waals surface area contributed by atoms with E-state index in [2.05, 4.69) is 280 Å². The van der Waals surface area contributed by atoms with Gasteiger partial charge in [-0.1, -0.05) is 251 Å². The Kier molecular flexibility index (Phi) is 15.6. The molecular weight excluding hydrogens is 997 g/mol. The number of hydrogen-bond donors (Lipinski definition) is 1. The molecule has 0 amide bonds. The van der Waals surface area contributed by atoms with Crippen LogP contribution in [-0.4, -0.2) is 0 Å². The molecule has 2 atom stereocenters. The van der Waals surface area contributed by atoms with Gasteiger partial charge in [0.1, 0.15) is 28.4 Å². The van der Waals surface area contributed by atoms with Crippen LogP contribution in [0.3, 0.4) is 0 Å². The first kappa shape index (κ1) is 59.2. The number of benzene rings is 6. The van der Waals surface area contributed by atoms with E-state index in [0.29, 0.717) is 0 Å². The molecule has 2 heterocycles. The van der Waals surface area contributed by atoms with Gasteiger partial charge in [0.2, 0.25) is 0 Å². The minimum Gasteiger partial charge on any atom is -0.408 e. The summed E-state index contributed by atoms with van der Waals surface area (Å²) in [5, 5.41) is 8.24. The lowest BCUT2D eigenvalue weighted by molar-refractivity contribution is 0.236. The lowest BCUT2D eigenvalue weighted by atomic mass is 9.77. The quantitative estimate of drug-likeness (QED) is 0.171. The Morgan fingerprint density at radius 1 is 0.333 bits per heavy atom. The topological polar surface area (TPSA) is 73.8 Å². The number of rotatable bonds is 7. The minimum atomic E-state index is -2.16. The molecule has 0 spiro atoms. The van der Waals surface area contributed by atoms with E-state index in [1.165, 1.54) is 22.3 Å². The molecule has 6 nitrogen and oxygen atoms in total. The predicted octanol–water partition coefficient (Wildman–Crippen LogP) is 22.4. The van der Waals surface area contributed by atoms with Gasteiger partial charge >= 0.3 is 16.4 Å². The smallest absolute Gasteiger partial charge is 0.388 e. The third-order valence-corrected chi connectivity index (χ3v) is 17.6. The van der Waals surface area contributed by atoms with Crippen molar-refractivity contribution >= 4 is 60.3 Å². The summed E-state index contributed by atoms with van der Waals surface area (Å²) in [5.74, 6) is 0. The summed E-state index contributed by atoms with van der Waals surface area (Å²) in [4.78, 5) is 0. The largest absolute Gasteiger partial charge is 0.408 e. The molecule has 78 heavy (non-hydrogen) atoms. The van der Waals surface area contributed by atoms with Crippen molar-refractivity contribution in [2.45, 2.75) is 222 Å². The Balaban J connectivity index is 1.51. The Morgan fingerprint density at radius 2 is 0.603 bits per heavy atom. The van der Waals surface area contributed by atoms with Crippen LogP contribution < -0.4 is 9.61 Å². The lowest BCUT2D eigenvalue weighted by Gasteiger charge is -2.27. The molecule has 0 aliphatic heterocycles. The first-order valence-corrected chi connectivity index (χ1v) is 30.6. The zero-order valence-electron chi connectivity index (χ0n) is 52.0. The highest BCUT2D eigenvalue weighted by atomic mass is 31.1. The van der Waals surface area contributed by atoms with E-state index < -0.39 is 28.6 Å². The lowest BCUT2D eigenvalue weighted by Crippen LogP contribution is -2.22. The zero-order valence-corrected chi connectivity index (χ0v) is 53.8. The predicted molar refractivity (Wildman–Crippen MR) is 337 cm³/mol. The number of nitrogens with one attached hydrogen (secondary N) is 1. The number of hydrogen-bond acceptors (Lipinski definition) is 6. The molecule has 8 aromatic rings. The van der Waals surface area contributed by atoms with Gasteiger partial charge in [0, 0.05) is 43.8 Å². The minimum absolute atomic E-state index is 0.130. The second kappa shape index (κ2) is 20.5. The number of fused-ring (bicyclic) bond motifs is 6. The van der Waals surface area contributed by atoms with Crippen LogP contribution in [0, 0.1) is 0 Å². The first-order chi connectivity index (χ1) is 35.7. The maximum absolute atomic E-state index is 7.75. The molecule has 6 aromatic carbocycles. The van der Waals surface area contributed by atoms with E-state index in [4.69, 9.17) is 21.3 Å². The van der Waals surface area contributed by atoms with Gasteiger partial charge in [0.15, 0.2) is 0 Å². The third kappa shape index (κ3) is 12.5. The van der Waals surface area contributed by atoms with E-state index in [1.807, 2.05) is 0 Å². The summed E-state index contributed by atoms with van der Waals surface area (Å²) in [6.45, 7) is 54.9. The second-order valence-electron chi connectivity index (χ2n) is 30.4. The van der Waals surface area contributed by atoms with Crippen molar-refractivity contribution in [2.75, 3.05) is 5.09 Å². The molecule has 0 aliphatic carbocycles. The Hall–Kier alpha value is -4.96. The van der Waals surface area contributed by atoms with Crippen LogP contribution in [0.1, 0.15) is 234 Å². The molecule has 0 bridgehead atoms. The van der Waals surface area contributed by atoms with Crippen LogP contribution in [-0.2, 0) is 43.3 Å². The fourth-order valence-electron chi connectivity index (χ4n) is 10.3. The summed E-state index contributed by atoms with van der Waals surface area (Å²) >= 11 is 0. The summed E-state index contributed by atoms with van der Waals surface area (Å²) in [6, 6.07) is 39.4. The fraction of sp³-hybridized carbons (Fsp3) is 0.486. The molecule has 8 heteroatoms. The summed E-state index contributed by atoms with van der Waals surface area (Å²) < 4.78 is 38.0. The average Bonchev–Trinajstić information content (AvgIpc) is 3.77. The second-order valence-corrected chi connectivity index (χ2v) is 32.6. The first-order valence-electron chi connectivity index (χ1n) is 28.3. The summed E-state index contributed by atoms with van der Waals surface area (Å²) in [7, 11) is -4.11. The summed E-state index contributed by atoms with van der Waals surface area (Å²) in [6.07, 6.45) is -0.670. The maximum Gasteiger partial charge on any atom is 0.388 e. The van der Waals surface area contributed by atoms with E-state index >= 15 is 0 Å². The van der Waals surface area contributed by atoms with Crippen LogP contribution in [0.25, 0.3) is 43.9 Å². The van der Waals surface area contributed by atoms with Crippen molar-refractivity contribution < 1.29 is 21.3 Å². The Morgan fingerprint density at radius 3 is 0.872 bits per heavy atom. The SMILES string of the molecule is CC(C)(C)c1cc(C(C)(C)C)c2op(N[C@@H](c3ccccc3)[C@H](Op3oc4c(C(C)(C)C)cc(C(C)(C)C)cc4c4cc(C(C)(C)C)cc(C(C)(C)C)c4o3)c3ccccc3)oc3c(C(C)(C)C)cc(C(C)(C)C)cc3c2c1. The van der Waals surface area contributed by atoms with E-state index in [0.717, 1.165) is 77.3 Å². The van der Waals surface area contributed by atoms with E-state index in [-0.39, 0.29) is 43.3 Å². The van der Waals surface area contributed by atoms with Gasteiger partial charge < -0.3 is 16.8 Å². The van der Waals surface area contributed by atoms with Crippen LogP contribution in [0.5, 0.6) is 0 Å². The van der Waals surface area contributed by atoms with Crippen molar-refractivity contribution in [1.29, 1.82) is 0 Å². The van der Waals surface area contributed by atoms with Crippen LogP contribution >= 0.6 is 16.4 Å². The van der Waals surface area contributed by atoms with Crippen LogP contribution in [0.4, 0.5) is 0 Å². The van der Waals surface area contributed by atoms with Gasteiger partial charge in [0.25, 0.3) is 0 Å². The molecule has 418 valence electrons. The molecule has 1 N–H and O–H groups in total. The molecule has 2 aromatic heterocycles. The molecule has 0 saturated carbocycles. The molecule has 0 aliphatic rings. The summed E-state index contributed by atoms with van der Waals surface area (Å²) in [5.41, 5.74) is 13.0. The maximum atomic E-state index is 7.75. The van der Waals surface area contributed by atoms with Crippen molar-refractivity contribution in [3.8, 4) is 0 Å². The molecule has 8 rings (SSSR count). The monoisotopic (exact) mass is 1090 g/mol. The van der Waals surface area contributed by atoms with Gasteiger partial charge in [0.05, 0.1) is 6.04 Å². The Labute approximate surface area is 470 Å². The van der Waals surface area contributed by atoms with Gasteiger partial charge in [-0.2, -0.15) is 0 Å². The third-order valence-electron chi connectivity index (χ3n) is 15.3. The molecule has 0 radical (unpaired) electrons. The Bertz CT molecular complexity index is 3160. The van der Waals surface area contributed by atoms with Crippen molar-refractivity contribution in [3.05, 3.63) is 165 Å². The van der Waals surface area contributed by atoms with Crippen molar-refractivity contribution in [3.63, 3.8) is 0 Å². The highest BCUT2D eigenvalue weighted by molar-refractivity contribution is 7.38. The van der Waals surface area contributed by atoms with Gasteiger partial charge in [-0.05, 0) is 101 Å². The van der Waals surface area contributed by atoms with Gasteiger partial charge in [-0.3, -0.25) is 4.52 Å². The fourth-order valence-corrected chi connectivity index (χ4v) is 12.9. The molecule has 0 unspecified atom stereocenters. The highest BCUT2D eigenvalue weighted by Crippen LogP contribution is 2.51. The molecule has 0 saturated heterocycles. The standard InChI is InChI=1S/C70H93NO5P2/c1-63(2,3)45-35-49-50-36-46(64(4,5)6)40-54(68(16,17)18)60(50)73-77(72-59(49)53(39-45)67(13,14)15)71-57(43-31-27-25-28-32-43)58(44-33-29-26-30-34-44)74-78-75-61-51(37-47(65(7,8)9)41-55(61)69(19,20)21)52-38-48(66(10,11)12)42-56(62(52)76-78)70(22,23)24/h25-42,57-58,71H,1-24H3/t57-,58+/m0/s1. The van der Waals surface area contributed by atoms with Crippen LogP contribution in [0.15, 0.2) is 126 Å². The molecular formula is C70H93NO5P2. The van der Waals surface area contributed by atoms with Crippen molar-refractivity contribution in [1.82, 2.24) is 0 Å². The van der Waals surface area contributed by atoms with Gasteiger partial charge in [-0.15, -0.1) is 0 Å². The van der Waals surface area contributed by atoms with E-state index in [9.17, 15) is 0 Å². The molecule has 0 fully saturated rings. The van der Waals surface area contributed by atoms with Crippen molar-refractivity contribution in [2.24, 2.45) is 0 Å². The normalized spacial score (nSPS) is 14.4. The highest BCUT2D eigenvalue weighted by Gasteiger charge is 2.35.